The summed E-state index contributed by atoms with van der Waals surface area (Å²) >= 11 is 1.47. The predicted octanol–water partition coefficient (Wildman–Crippen LogP) is 1.96. The van der Waals surface area contributed by atoms with E-state index in [0.717, 1.165) is 17.9 Å². The van der Waals surface area contributed by atoms with Crippen molar-refractivity contribution in [2.75, 3.05) is 13.7 Å². The molecule has 2 N–H and O–H groups in total. The molecule has 0 aliphatic rings. The van der Waals surface area contributed by atoms with Crippen LogP contribution in [0.4, 0.5) is 0 Å². The van der Waals surface area contributed by atoms with Gasteiger partial charge in [-0.05, 0) is 19.4 Å². The van der Waals surface area contributed by atoms with Crippen LogP contribution in [0.5, 0.6) is 0 Å². The highest BCUT2D eigenvalue weighted by Crippen LogP contribution is 2.14. The third-order valence-corrected chi connectivity index (χ3v) is 3.22. The summed E-state index contributed by atoms with van der Waals surface area (Å²) in [4.78, 5) is 11.7. The number of carboxylic acid groups (broad SMARTS) is 1. The van der Waals surface area contributed by atoms with Crippen molar-refractivity contribution in [2.45, 2.75) is 25.9 Å². The standard InChI is InChI=1S/C11H17NO3S/c1-8(3-4-15-2)12-6-10-5-9(7-16-10)11(13)14/h5,7-8,12H,3-4,6H2,1-2H3,(H,13,14). The van der Waals surface area contributed by atoms with Crippen LogP contribution in [0.1, 0.15) is 28.6 Å². The quantitative estimate of drug-likeness (QED) is 0.768. The van der Waals surface area contributed by atoms with E-state index in [1.54, 1.807) is 18.6 Å². The van der Waals surface area contributed by atoms with Crippen molar-refractivity contribution in [3.63, 3.8) is 0 Å². The predicted molar refractivity (Wildman–Crippen MR) is 64.1 cm³/mol. The number of hydrogen-bond acceptors (Lipinski definition) is 4. The van der Waals surface area contributed by atoms with E-state index in [1.807, 2.05) is 0 Å². The van der Waals surface area contributed by atoms with Gasteiger partial charge in [-0.2, -0.15) is 0 Å². The Morgan fingerprint density at radius 2 is 2.44 bits per heavy atom. The second-order valence-corrected chi connectivity index (χ2v) is 4.67. The van der Waals surface area contributed by atoms with Crippen molar-refractivity contribution >= 4 is 17.3 Å². The second-order valence-electron chi connectivity index (χ2n) is 3.67. The number of hydrogen-bond donors (Lipinski definition) is 2. The lowest BCUT2D eigenvalue weighted by atomic mass is 10.2. The van der Waals surface area contributed by atoms with Gasteiger partial charge in [0.25, 0.3) is 0 Å². The van der Waals surface area contributed by atoms with E-state index < -0.39 is 5.97 Å². The maximum Gasteiger partial charge on any atom is 0.336 e. The van der Waals surface area contributed by atoms with Crippen LogP contribution < -0.4 is 5.32 Å². The zero-order valence-corrected chi connectivity index (χ0v) is 10.3. The largest absolute Gasteiger partial charge is 0.478 e. The molecule has 0 spiro atoms. The van der Waals surface area contributed by atoms with Crippen molar-refractivity contribution in [2.24, 2.45) is 0 Å². The molecule has 16 heavy (non-hydrogen) atoms. The highest BCUT2D eigenvalue weighted by atomic mass is 32.1. The van der Waals surface area contributed by atoms with Crippen molar-refractivity contribution in [3.05, 3.63) is 21.9 Å². The molecule has 90 valence electrons. The molecule has 1 heterocycles. The Labute approximate surface area is 99.2 Å². The van der Waals surface area contributed by atoms with Crippen LogP contribution in [-0.2, 0) is 11.3 Å². The third kappa shape index (κ3) is 4.30. The Balaban J connectivity index is 2.33. The van der Waals surface area contributed by atoms with E-state index in [0.29, 0.717) is 18.2 Å². The van der Waals surface area contributed by atoms with E-state index >= 15 is 0 Å². The van der Waals surface area contributed by atoms with Crippen LogP contribution in [0.3, 0.4) is 0 Å². The molecule has 0 fully saturated rings. The highest BCUT2D eigenvalue weighted by molar-refractivity contribution is 7.10. The van der Waals surface area contributed by atoms with E-state index in [2.05, 4.69) is 12.2 Å². The smallest absolute Gasteiger partial charge is 0.336 e. The topological polar surface area (TPSA) is 58.6 Å². The van der Waals surface area contributed by atoms with Gasteiger partial charge in [-0.1, -0.05) is 0 Å². The van der Waals surface area contributed by atoms with Gasteiger partial charge in [0.15, 0.2) is 0 Å². The lowest BCUT2D eigenvalue weighted by molar-refractivity contribution is 0.0697. The van der Waals surface area contributed by atoms with Gasteiger partial charge in [-0.3, -0.25) is 0 Å². The monoisotopic (exact) mass is 243 g/mol. The average Bonchev–Trinajstić information content (AvgIpc) is 2.72. The average molecular weight is 243 g/mol. The molecule has 0 bridgehead atoms. The number of carboxylic acids is 1. The second kappa shape index (κ2) is 6.62. The Morgan fingerprint density at radius 3 is 3.00 bits per heavy atom. The van der Waals surface area contributed by atoms with Gasteiger partial charge < -0.3 is 15.2 Å². The minimum atomic E-state index is -0.866. The first-order valence-electron chi connectivity index (χ1n) is 5.16. The van der Waals surface area contributed by atoms with E-state index in [1.165, 1.54) is 11.3 Å². The summed E-state index contributed by atoms with van der Waals surface area (Å²) in [6, 6.07) is 2.08. The molecular formula is C11H17NO3S. The molecule has 0 aliphatic heterocycles. The molecule has 1 aromatic rings. The zero-order chi connectivity index (χ0) is 12.0. The van der Waals surface area contributed by atoms with Gasteiger partial charge in [0.2, 0.25) is 0 Å². The molecule has 0 saturated carbocycles. The van der Waals surface area contributed by atoms with Crippen LogP contribution in [-0.4, -0.2) is 30.8 Å². The first-order valence-corrected chi connectivity index (χ1v) is 6.04. The molecule has 5 heteroatoms. The first-order chi connectivity index (χ1) is 7.63. The summed E-state index contributed by atoms with van der Waals surface area (Å²) in [7, 11) is 1.69. The SMILES string of the molecule is COCCC(C)NCc1cc(C(=O)O)cs1. The molecule has 1 aromatic heterocycles. The lowest BCUT2D eigenvalue weighted by Crippen LogP contribution is -2.26. The van der Waals surface area contributed by atoms with Crippen LogP contribution in [0.25, 0.3) is 0 Å². The van der Waals surface area contributed by atoms with Crippen molar-refractivity contribution < 1.29 is 14.6 Å². The van der Waals surface area contributed by atoms with Gasteiger partial charge in [0, 0.05) is 36.6 Å². The molecule has 0 aliphatic carbocycles. The number of thiophene rings is 1. The molecule has 1 unspecified atom stereocenters. The molecule has 1 atom stereocenters. The summed E-state index contributed by atoms with van der Waals surface area (Å²) in [5, 5.41) is 13.8. The van der Waals surface area contributed by atoms with E-state index in [4.69, 9.17) is 9.84 Å². The minimum Gasteiger partial charge on any atom is -0.478 e. The van der Waals surface area contributed by atoms with Gasteiger partial charge in [-0.15, -0.1) is 11.3 Å². The molecule has 0 aromatic carbocycles. The Bertz CT molecular complexity index is 338. The van der Waals surface area contributed by atoms with Gasteiger partial charge >= 0.3 is 5.97 Å². The number of nitrogens with one attached hydrogen (secondary N) is 1. The van der Waals surface area contributed by atoms with Gasteiger partial charge in [0.1, 0.15) is 0 Å². The number of methoxy groups -OCH3 is 1. The normalized spacial score (nSPS) is 12.6. The van der Waals surface area contributed by atoms with Crippen molar-refractivity contribution in [3.8, 4) is 0 Å². The zero-order valence-electron chi connectivity index (χ0n) is 9.53. The summed E-state index contributed by atoms with van der Waals surface area (Å²) < 4.78 is 4.98. The Kier molecular flexibility index (Phi) is 5.45. The minimum absolute atomic E-state index is 0.367. The van der Waals surface area contributed by atoms with Crippen LogP contribution >= 0.6 is 11.3 Å². The first kappa shape index (κ1) is 13.2. The number of ether oxygens (including phenoxy) is 1. The number of aromatic carboxylic acids is 1. The van der Waals surface area contributed by atoms with E-state index in [9.17, 15) is 4.79 Å². The lowest BCUT2D eigenvalue weighted by Gasteiger charge is -2.11. The summed E-state index contributed by atoms with van der Waals surface area (Å²) in [5.74, 6) is -0.866. The van der Waals surface area contributed by atoms with Crippen LogP contribution in [0.2, 0.25) is 0 Å². The summed E-state index contributed by atoms with van der Waals surface area (Å²) in [5.41, 5.74) is 0.367. The molecule has 0 radical (unpaired) electrons. The fourth-order valence-corrected chi connectivity index (χ4v) is 2.07. The molecule has 0 amide bonds. The van der Waals surface area contributed by atoms with Gasteiger partial charge in [-0.25, -0.2) is 4.79 Å². The molecular weight excluding hydrogens is 226 g/mol. The fraction of sp³-hybridized carbons (Fsp3) is 0.545. The number of carbonyl (C=O) groups is 1. The van der Waals surface area contributed by atoms with Gasteiger partial charge in [0.05, 0.1) is 5.56 Å². The maximum atomic E-state index is 10.7. The number of rotatable bonds is 7. The molecule has 0 saturated heterocycles. The van der Waals surface area contributed by atoms with E-state index in [-0.39, 0.29) is 0 Å². The van der Waals surface area contributed by atoms with Crippen molar-refractivity contribution in [1.82, 2.24) is 5.32 Å². The van der Waals surface area contributed by atoms with Crippen molar-refractivity contribution in [1.29, 1.82) is 0 Å². The molecule has 1 rings (SSSR count). The Hall–Kier alpha value is -0.910. The van der Waals surface area contributed by atoms with Crippen LogP contribution in [0, 0.1) is 0 Å². The maximum absolute atomic E-state index is 10.7. The Morgan fingerprint density at radius 1 is 1.69 bits per heavy atom. The molecule has 4 nitrogen and oxygen atoms in total. The fourth-order valence-electron chi connectivity index (χ4n) is 1.26. The summed E-state index contributed by atoms with van der Waals surface area (Å²) in [6.07, 6.45) is 0.952. The highest BCUT2D eigenvalue weighted by Gasteiger charge is 2.07. The van der Waals surface area contributed by atoms with Crippen LogP contribution in [0.15, 0.2) is 11.4 Å². The summed E-state index contributed by atoms with van der Waals surface area (Å²) in [6.45, 7) is 3.53. The third-order valence-electron chi connectivity index (χ3n) is 2.28.